The molecule has 1 heterocycles. The van der Waals surface area contributed by atoms with Crippen LogP contribution in [0.1, 0.15) is 10.4 Å². The van der Waals surface area contributed by atoms with Crippen molar-refractivity contribution in [3.63, 3.8) is 0 Å². The number of hydrogen-bond donors (Lipinski definition) is 1. The van der Waals surface area contributed by atoms with E-state index in [4.69, 9.17) is 14.3 Å². The predicted octanol–water partition coefficient (Wildman–Crippen LogP) is 1.89. The van der Waals surface area contributed by atoms with Crippen molar-refractivity contribution in [2.45, 2.75) is 4.90 Å². The number of fused-ring (bicyclic) bond motifs is 1. The number of amides is 1. The van der Waals surface area contributed by atoms with Crippen LogP contribution in [0.2, 0.25) is 0 Å². The summed E-state index contributed by atoms with van der Waals surface area (Å²) >= 11 is 0. The fraction of sp³-hybridized carbons (Fsp3) is 0.235. The summed E-state index contributed by atoms with van der Waals surface area (Å²) in [5.41, 5.74) is 0.869. The van der Waals surface area contributed by atoms with E-state index in [9.17, 15) is 13.2 Å². The maximum atomic E-state index is 12.4. The highest BCUT2D eigenvalue weighted by molar-refractivity contribution is 7.89. The van der Waals surface area contributed by atoms with Gasteiger partial charge in [0.05, 0.1) is 12.0 Å². The fourth-order valence-electron chi connectivity index (χ4n) is 2.35. The fourth-order valence-corrected chi connectivity index (χ4v) is 3.32. The van der Waals surface area contributed by atoms with E-state index in [1.807, 2.05) is 0 Å². The second-order valence-electron chi connectivity index (χ2n) is 5.43. The van der Waals surface area contributed by atoms with Crippen LogP contribution in [0.15, 0.2) is 47.4 Å². The minimum atomic E-state index is -3.75. The molecule has 0 atom stereocenters. The first kappa shape index (κ1) is 18.2. The quantitative estimate of drug-likeness (QED) is 0.799. The molecule has 0 aliphatic carbocycles. The van der Waals surface area contributed by atoms with E-state index in [1.54, 1.807) is 18.2 Å². The average molecular weight is 378 g/mol. The summed E-state index contributed by atoms with van der Waals surface area (Å²) in [5.74, 6) is 0.829. The highest BCUT2D eigenvalue weighted by Crippen LogP contribution is 2.32. The lowest BCUT2D eigenvalue weighted by Gasteiger charge is -2.19. The number of rotatable bonds is 5. The van der Waals surface area contributed by atoms with Crippen LogP contribution in [0.5, 0.6) is 11.5 Å². The summed E-state index contributed by atoms with van der Waals surface area (Å²) in [7, 11) is -1.21. The number of nitrogens with zero attached hydrogens (tertiary/aromatic N) is 1. The van der Waals surface area contributed by atoms with Crippen LogP contribution in [-0.4, -0.2) is 46.2 Å². The molecule has 0 fully saturated rings. The maximum absolute atomic E-state index is 12.4. The topological polar surface area (TPSA) is 94.2 Å². The smallest absolute Gasteiger partial charge is 0.264 e. The van der Waals surface area contributed by atoms with Gasteiger partial charge in [-0.3, -0.25) is 9.63 Å². The molecule has 0 unspecified atom stereocenters. The molecule has 0 saturated carbocycles. The van der Waals surface area contributed by atoms with Gasteiger partial charge in [0.15, 0.2) is 11.5 Å². The summed E-state index contributed by atoms with van der Waals surface area (Å²) in [5, 5.41) is 2.74. The van der Waals surface area contributed by atoms with Gasteiger partial charge in [-0.1, -0.05) is 4.47 Å². The van der Waals surface area contributed by atoms with Gasteiger partial charge in [-0.2, -0.15) is 0 Å². The first-order valence-electron chi connectivity index (χ1n) is 7.76. The lowest BCUT2D eigenvalue weighted by atomic mass is 10.2. The maximum Gasteiger partial charge on any atom is 0.264 e. The van der Waals surface area contributed by atoms with Gasteiger partial charge in [-0.05, 0) is 36.4 Å². The van der Waals surface area contributed by atoms with Crippen LogP contribution in [-0.2, 0) is 14.9 Å². The minimum Gasteiger partial charge on any atom is -0.486 e. The van der Waals surface area contributed by atoms with Crippen LogP contribution in [0.25, 0.3) is 0 Å². The molecule has 1 N–H and O–H groups in total. The van der Waals surface area contributed by atoms with Crippen molar-refractivity contribution in [1.82, 2.24) is 4.47 Å². The monoisotopic (exact) mass is 378 g/mol. The molecule has 2 aromatic rings. The van der Waals surface area contributed by atoms with Gasteiger partial charge < -0.3 is 14.8 Å². The van der Waals surface area contributed by atoms with E-state index in [0.717, 1.165) is 4.47 Å². The number of benzene rings is 2. The molecule has 0 bridgehead atoms. The van der Waals surface area contributed by atoms with Gasteiger partial charge in [-0.15, -0.1) is 0 Å². The highest BCUT2D eigenvalue weighted by atomic mass is 32.2. The van der Waals surface area contributed by atoms with Crippen molar-refractivity contribution in [1.29, 1.82) is 0 Å². The van der Waals surface area contributed by atoms with Crippen molar-refractivity contribution >= 4 is 21.6 Å². The first-order valence-corrected chi connectivity index (χ1v) is 9.20. The molecule has 1 aliphatic rings. The first-order chi connectivity index (χ1) is 12.4. The van der Waals surface area contributed by atoms with Crippen molar-refractivity contribution in [2.75, 3.05) is 32.7 Å². The van der Waals surface area contributed by atoms with Crippen molar-refractivity contribution < 1.29 is 27.5 Å². The molecule has 8 nitrogen and oxygen atoms in total. The Morgan fingerprint density at radius 3 is 2.38 bits per heavy atom. The molecule has 3 rings (SSSR count). The molecule has 2 aromatic carbocycles. The lowest BCUT2D eigenvalue weighted by molar-refractivity contribution is -0.0258. The molecule has 0 aromatic heterocycles. The Morgan fingerprint density at radius 2 is 1.73 bits per heavy atom. The lowest BCUT2D eigenvalue weighted by Crippen LogP contribution is -2.25. The second kappa shape index (κ2) is 7.32. The van der Waals surface area contributed by atoms with Crippen LogP contribution in [0, 0.1) is 0 Å². The van der Waals surface area contributed by atoms with E-state index in [1.165, 1.54) is 38.4 Å². The largest absolute Gasteiger partial charge is 0.486 e. The Morgan fingerprint density at radius 1 is 1.08 bits per heavy atom. The molecule has 138 valence electrons. The van der Waals surface area contributed by atoms with Crippen LogP contribution in [0.4, 0.5) is 5.69 Å². The molecule has 0 radical (unpaired) electrons. The van der Waals surface area contributed by atoms with Crippen LogP contribution >= 0.6 is 0 Å². The zero-order chi connectivity index (χ0) is 18.7. The summed E-state index contributed by atoms with van der Waals surface area (Å²) in [6.07, 6.45) is 0. The van der Waals surface area contributed by atoms with Crippen LogP contribution < -0.4 is 14.8 Å². The van der Waals surface area contributed by atoms with Crippen molar-refractivity contribution in [2.24, 2.45) is 0 Å². The third-order valence-electron chi connectivity index (χ3n) is 3.81. The number of hydroxylamine groups is 1. The number of sulfonamides is 1. The average Bonchev–Trinajstić information content (AvgIpc) is 2.67. The normalized spacial score (nSPS) is 13.5. The van der Waals surface area contributed by atoms with Gasteiger partial charge in [0, 0.05) is 24.4 Å². The Hall–Kier alpha value is -2.62. The molecular weight excluding hydrogens is 360 g/mol. The number of hydrogen-bond acceptors (Lipinski definition) is 6. The molecule has 26 heavy (non-hydrogen) atoms. The van der Waals surface area contributed by atoms with Gasteiger partial charge in [0.25, 0.3) is 15.9 Å². The minimum absolute atomic E-state index is 0.0257. The van der Waals surface area contributed by atoms with Gasteiger partial charge in [-0.25, -0.2) is 8.42 Å². The number of nitrogens with one attached hydrogen (secondary N) is 1. The zero-order valence-corrected chi connectivity index (χ0v) is 15.1. The summed E-state index contributed by atoms with van der Waals surface area (Å²) < 4.78 is 36.0. The number of carbonyl (C=O) groups is 1. The second-order valence-corrected chi connectivity index (χ2v) is 7.37. The van der Waals surface area contributed by atoms with Gasteiger partial charge in [0.2, 0.25) is 0 Å². The third-order valence-corrected chi connectivity index (χ3v) is 5.50. The molecule has 9 heteroatoms. The number of carbonyl (C=O) groups excluding carboxylic acids is 1. The van der Waals surface area contributed by atoms with E-state index < -0.39 is 10.0 Å². The third kappa shape index (κ3) is 3.64. The zero-order valence-electron chi connectivity index (χ0n) is 14.3. The summed E-state index contributed by atoms with van der Waals surface area (Å²) in [4.78, 5) is 17.1. The number of ether oxygens (including phenoxy) is 2. The molecule has 0 spiro atoms. The molecule has 1 amide bonds. The Bertz CT molecular complexity index is 911. The Kier molecular flexibility index (Phi) is 5.12. The van der Waals surface area contributed by atoms with Gasteiger partial charge >= 0.3 is 0 Å². The number of anilines is 1. The summed E-state index contributed by atoms with van der Waals surface area (Å²) in [6.45, 7) is 0.947. The molecule has 0 saturated heterocycles. The van der Waals surface area contributed by atoms with E-state index in [2.05, 4.69) is 5.32 Å². The SMILES string of the molecule is CON(C)S(=O)(=O)c1ccc(C(=O)Nc2ccc3c(c2)OCCO3)cc1. The molecule has 1 aliphatic heterocycles. The van der Waals surface area contributed by atoms with Crippen molar-refractivity contribution in [3.05, 3.63) is 48.0 Å². The Balaban J connectivity index is 1.74. The Labute approximate surface area is 151 Å². The standard InChI is InChI=1S/C17H18N2O6S/c1-19(23-2)26(21,22)14-6-3-12(4-7-14)17(20)18-13-5-8-15-16(11-13)25-10-9-24-15/h3-8,11H,9-10H2,1-2H3,(H,18,20). The predicted molar refractivity (Wildman–Crippen MR) is 93.8 cm³/mol. The molecular formula is C17H18N2O6S. The van der Waals surface area contributed by atoms with E-state index in [0.29, 0.717) is 36.0 Å². The van der Waals surface area contributed by atoms with Crippen molar-refractivity contribution in [3.8, 4) is 11.5 Å². The summed E-state index contributed by atoms with van der Waals surface area (Å²) in [6, 6.07) is 10.7. The van der Waals surface area contributed by atoms with Gasteiger partial charge in [0.1, 0.15) is 13.2 Å². The van der Waals surface area contributed by atoms with E-state index in [-0.39, 0.29) is 10.8 Å². The highest BCUT2D eigenvalue weighted by Gasteiger charge is 2.21. The van der Waals surface area contributed by atoms with E-state index >= 15 is 0 Å². The van der Waals surface area contributed by atoms with Crippen LogP contribution in [0.3, 0.4) is 0 Å².